The van der Waals surface area contributed by atoms with Crippen LogP contribution in [0.1, 0.15) is 6.92 Å². The molecule has 1 aliphatic heterocycles. The van der Waals surface area contributed by atoms with Crippen LogP contribution in [-0.2, 0) is 14.8 Å². The van der Waals surface area contributed by atoms with Crippen molar-refractivity contribution in [1.82, 2.24) is 9.21 Å². The smallest absolute Gasteiger partial charge is 0.243 e. The van der Waals surface area contributed by atoms with Gasteiger partial charge < -0.3 is 10.1 Å². The van der Waals surface area contributed by atoms with Crippen molar-refractivity contribution < 1.29 is 26.7 Å². The number of benzene rings is 2. The van der Waals surface area contributed by atoms with Crippen molar-refractivity contribution in [2.75, 3.05) is 44.6 Å². The number of carbonyl (C=O) groups excluding carboxylic acids is 1. The minimum atomic E-state index is -3.64. The first-order valence-corrected chi connectivity index (χ1v) is 10.9. The highest BCUT2D eigenvalue weighted by Crippen LogP contribution is 2.21. The summed E-state index contributed by atoms with van der Waals surface area (Å²) < 4.78 is 58.8. The van der Waals surface area contributed by atoms with Crippen LogP contribution < -0.4 is 10.1 Å². The van der Waals surface area contributed by atoms with Crippen LogP contribution in [0.4, 0.5) is 14.5 Å². The lowest BCUT2D eigenvalue weighted by Gasteiger charge is -2.33. The molecule has 0 atom stereocenters. The van der Waals surface area contributed by atoms with E-state index in [2.05, 4.69) is 5.32 Å². The number of sulfonamides is 1. The van der Waals surface area contributed by atoms with Gasteiger partial charge in [-0.05, 0) is 43.3 Å². The molecule has 0 aliphatic carbocycles. The van der Waals surface area contributed by atoms with Gasteiger partial charge in [-0.15, -0.1) is 0 Å². The predicted octanol–water partition coefficient (Wildman–Crippen LogP) is 2.31. The van der Waals surface area contributed by atoms with E-state index in [9.17, 15) is 22.0 Å². The van der Waals surface area contributed by atoms with Crippen LogP contribution in [-0.4, -0.2) is 62.9 Å². The van der Waals surface area contributed by atoms with E-state index in [0.717, 1.165) is 18.2 Å². The number of hydrogen-bond acceptors (Lipinski definition) is 5. The average molecular weight is 439 g/mol. The fourth-order valence-electron chi connectivity index (χ4n) is 3.18. The Balaban J connectivity index is 1.54. The monoisotopic (exact) mass is 439 g/mol. The molecule has 30 heavy (non-hydrogen) atoms. The molecule has 0 saturated carbocycles. The van der Waals surface area contributed by atoms with Gasteiger partial charge in [-0.3, -0.25) is 9.69 Å². The maximum atomic E-state index is 13.2. The standard InChI is InChI=1S/C20H23F2N3O4S/c1-2-29-18-3-5-19(6-4-18)30(27,28)25-9-7-24(8-10-25)14-20(26)23-17-12-15(21)11-16(22)13-17/h3-6,11-13H,2,7-10,14H2,1H3,(H,23,26). The molecular formula is C20H23F2N3O4S. The van der Waals surface area contributed by atoms with Crippen LogP contribution in [0, 0.1) is 11.6 Å². The van der Waals surface area contributed by atoms with Gasteiger partial charge in [0.25, 0.3) is 0 Å². The Kier molecular flexibility index (Phi) is 7.01. The number of piperazine rings is 1. The summed E-state index contributed by atoms with van der Waals surface area (Å²) in [5.74, 6) is -1.38. The second-order valence-corrected chi connectivity index (χ2v) is 8.73. The molecule has 7 nitrogen and oxygen atoms in total. The highest BCUT2D eigenvalue weighted by molar-refractivity contribution is 7.89. The predicted molar refractivity (Wildman–Crippen MR) is 108 cm³/mol. The first-order valence-electron chi connectivity index (χ1n) is 9.49. The molecular weight excluding hydrogens is 416 g/mol. The van der Waals surface area contributed by atoms with E-state index in [1.54, 1.807) is 17.0 Å². The summed E-state index contributed by atoms with van der Waals surface area (Å²) in [6, 6.07) is 9.04. The van der Waals surface area contributed by atoms with Crippen molar-refractivity contribution in [3.8, 4) is 5.75 Å². The van der Waals surface area contributed by atoms with Gasteiger partial charge in [-0.1, -0.05) is 0 Å². The quantitative estimate of drug-likeness (QED) is 0.716. The summed E-state index contributed by atoms with van der Waals surface area (Å²) in [5, 5.41) is 2.45. The van der Waals surface area contributed by atoms with Crippen LogP contribution in [0.15, 0.2) is 47.4 Å². The number of halogens is 2. The molecule has 1 amide bonds. The number of hydrogen-bond donors (Lipinski definition) is 1. The fourth-order valence-corrected chi connectivity index (χ4v) is 4.60. The van der Waals surface area contributed by atoms with E-state index in [-0.39, 0.29) is 30.2 Å². The van der Waals surface area contributed by atoms with E-state index in [0.29, 0.717) is 25.4 Å². The summed E-state index contributed by atoms with van der Waals surface area (Å²) >= 11 is 0. The van der Waals surface area contributed by atoms with Gasteiger partial charge in [0, 0.05) is 37.9 Å². The van der Waals surface area contributed by atoms with Gasteiger partial charge >= 0.3 is 0 Å². The molecule has 1 aliphatic rings. The molecule has 0 bridgehead atoms. The topological polar surface area (TPSA) is 79.0 Å². The molecule has 1 N–H and O–H groups in total. The number of nitrogens with one attached hydrogen (secondary N) is 1. The summed E-state index contributed by atoms with van der Waals surface area (Å²) in [5.41, 5.74) is 0.0363. The van der Waals surface area contributed by atoms with E-state index < -0.39 is 27.6 Å². The lowest BCUT2D eigenvalue weighted by atomic mass is 10.3. The van der Waals surface area contributed by atoms with Crippen molar-refractivity contribution >= 4 is 21.6 Å². The Labute approximate surface area is 174 Å². The third-order valence-corrected chi connectivity index (χ3v) is 6.53. The van der Waals surface area contributed by atoms with Crippen LogP contribution in [0.2, 0.25) is 0 Å². The maximum Gasteiger partial charge on any atom is 0.243 e. The minimum Gasteiger partial charge on any atom is -0.494 e. The molecule has 2 aromatic carbocycles. The maximum absolute atomic E-state index is 13.2. The highest BCUT2D eigenvalue weighted by atomic mass is 32.2. The van der Waals surface area contributed by atoms with Crippen LogP contribution in [0.25, 0.3) is 0 Å². The summed E-state index contributed by atoms with van der Waals surface area (Å²) in [7, 11) is -3.64. The highest BCUT2D eigenvalue weighted by Gasteiger charge is 2.29. The molecule has 10 heteroatoms. The zero-order valence-electron chi connectivity index (χ0n) is 16.5. The third kappa shape index (κ3) is 5.53. The van der Waals surface area contributed by atoms with E-state index in [1.807, 2.05) is 6.92 Å². The number of ether oxygens (including phenoxy) is 1. The average Bonchev–Trinajstić information content (AvgIpc) is 2.68. The summed E-state index contributed by atoms with van der Waals surface area (Å²) in [6.45, 7) is 3.53. The molecule has 1 heterocycles. The number of carbonyl (C=O) groups is 1. The molecule has 162 valence electrons. The Bertz CT molecular complexity index is 971. The summed E-state index contributed by atoms with van der Waals surface area (Å²) in [4.78, 5) is 14.1. The Morgan fingerprint density at radius 3 is 2.20 bits per heavy atom. The zero-order chi connectivity index (χ0) is 21.7. The second kappa shape index (κ2) is 9.50. The molecule has 3 rings (SSSR count). The van der Waals surface area contributed by atoms with Gasteiger partial charge in [0.1, 0.15) is 17.4 Å². The molecule has 1 fully saturated rings. The first-order chi connectivity index (χ1) is 14.3. The van der Waals surface area contributed by atoms with E-state index >= 15 is 0 Å². The number of anilines is 1. The Morgan fingerprint density at radius 1 is 1.03 bits per heavy atom. The van der Waals surface area contributed by atoms with Crippen molar-refractivity contribution in [2.45, 2.75) is 11.8 Å². The number of amides is 1. The largest absolute Gasteiger partial charge is 0.494 e. The summed E-state index contributed by atoms with van der Waals surface area (Å²) in [6.07, 6.45) is 0. The third-order valence-electron chi connectivity index (χ3n) is 4.62. The fraction of sp³-hybridized carbons (Fsp3) is 0.350. The number of nitrogens with zero attached hydrogens (tertiary/aromatic N) is 2. The van der Waals surface area contributed by atoms with Crippen molar-refractivity contribution in [1.29, 1.82) is 0 Å². The first kappa shape index (κ1) is 22.1. The van der Waals surface area contributed by atoms with Crippen molar-refractivity contribution in [2.24, 2.45) is 0 Å². The second-order valence-electron chi connectivity index (χ2n) is 6.79. The van der Waals surface area contributed by atoms with Gasteiger partial charge in [0.05, 0.1) is 18.0 Å². The van der Waals surface area contributed by atoms with Crippen LogP contribution in [0.5, 0.6) is 5.75 Å². The molecule has 1 saturated heterocycles. The lowest BCUT2D eigenvalue weighted by Crippen LogP contribution is -2.50. The van der Waals surface area contributed by atoms with E-state index in [1.165, 1.54) is 16.4 Å². The normalized spacial score (nSPS) is 15.7. The molecule has 0 spiro atoms. The molecule has 0 aromatic heterocycles. The number of rotatable bonds is 7. The van der Waals surface area contributed by atoms with Crippen LogP contribution >= 0.6 is 0 Å². The van der Waals surface area contributed by atoms with Gasteiger partial charge in [0.15, 0.2) is 0 Å². The Morgan fingerprint density at radius 2 is 1.63 bits per heavy atom. The zero-order valence-corrected chi connectivity index (χ0v) is 17.3. The van der Waals surface area contributed by atoms with Gasteiger partial charge in [-0.25, -0.2) is 17.2 Å². The molecule has 2 aromatic rings. The minimum absolute atomic E-state index is 0.00489. The molecule has 0 unspecified atom stereocenters. The Hall–Kier alpha value is -2.56. The van der Waals surface area contributed by atoms with Gasteiger partial charge in [0.2, 0.25) is 15.9 Å². The van der Waals surface area contributed by atoms with Gasteiger partial charge in [-0.2, -0.15) is 4.31 Å². The molecule has 0 radical (unpaired) electrons. The van der Waals surface area contributed by atoms with Crippen molar-refractivity contribution in [3.63, 3.8) is 0 Å². The van der Waals surface area contributed by atoms with Crippen molar-refractivity contribution in [3.05, 3.63) is 54.1 Å². The lowest BCUT2D eigenvalue weighted by molar-refractivity contribution is -0.117. The SMILES string of the molecule is CCOc1ccc(S(=O)(=O)N2CCN(CC(=O)Nc3cc(F)cc(F)c3)CC2)cc1. The van der Waals surface area contributed by atoms with E-state index in [4.69, 9.17) is 4.74 Å². The van der Waals surface area contributed by atoms with Crippen LogP contribution in [0.3, 0.4) is 0 Å².